The fraction of sp³-hybridized carbons (Fsp3) is 0.462. The molecule has 2 unspecified atom stereocenters. The number of benzene rings is 1. The highest BCUT2D eigenvalue weighted by Crippen LogP contribution is 2.18. The number of nitrogens with one attached hydrogen (secondary N) is 1. The first-order chi connectivity index (χ1) is 7.95. The molecule has 0 radical (unpaired) electrons. The summed E-state index contributed by atoms with van der Waals surface area (Å²) >= 11 is 6.85. The molecule has 1 amide bonds. The molecule has 4 heteroatoms. The Morgan fingerprint density at radius 2 is 2.06 bits per heavy atom. The molecule has 17 heavy (non-hydrogen) atoms. The van der Waals surface area contributed by atoms with Crippen molar-refractivity contribution in [3.05, 3.63) is 33.8 Å². The summed E-state index contributed by atoms with van der Waals surface area (Å²) in [5.41, 5.74) is 1.82. The lowest BCUT2D eigenvalue weighted by Crippen LogP contribution is -2.37. The van der Waals surface area contributed by atoms with Crippen LogP contribution in [0.4, 0.5) is 0 Å². The third kappa shape index (κ3) is 4.11. The molecule has 0 aliphatic rings. The average Bonchev–Trinajstić information content (AvgIpc) is 2.27. The number of halogens is 2. The van der Waals surface area contributed by atoms with Gasteiger partial charge in [-0.25, -0.2) is 0 Å². The van der Waals surface area contributed by atoms with Crippen molar-refractivity contribution in [2.75, 3.05) is 5.33 Å². The Hall–Kier alpha value is -0.350. The molecule has 0 saturated heterocycles. The smallest absolute Gasteiger partial charge is 0.252 e. The molecule has 0 heterocycles. The van der Waals surface area contributed by atoms with Crippen LogP contribution in [-0.2, 0) is 0 Å². The van der Waals surface area contributed by atoms with Gasteiger partial charge in [0.05, 0.1) is 5.56 Å². The Bertz CT molecular complexity index is 406. The van der Waals surface area contributed by atoms with E-state index in [1.54, 1.807) is 0 Å². The van der Waals surface area contributed by atoms with E-state index in [0.717, 1.165) is 15.4 Å². The zero-order valence-electron chi connectivity index (χ0n) is 10.3. The number of hydrogen-bond donors (Lipinski definition) is 1. The predicted molar refractivity (Wildman–Crippen MR) is 78.8 cm³/mol. The van der Waals surface area contributed by atoms with E-state index in [2.05, 4.69) is 44.1 Å². The predicted octanol–water partition coefficient (Wildman–Crippen LogP) is 3.91. The van der Waals surface area contributed by atoms with Crippen molar-refractivity contribution in [3.63, 3.8) is 0 Å². The van der Waals surface area contributed by atoms with Crippen molar-refractivity contribution in [1.29, 1.82) is 0 Å². The maximum Gasteiger partial charge on any atom is 0.252 e. The van der Waals surface area contributed by atoms with Gasteiger partial charge in [-0.05, 0) is 53.4 Å². The molecule has 0 aliphatic carbocycles. The molecule has 0 aliphatic heterocycles. The molecule has 0 spiro atoms. The minimum Gasteiger partial charge on any atom is -0.349 e. The standard InChI is InChI=1S/C13H17Br2NO/c1-8-4-5-11(12(15)6-8)13(17)16-10(3)9(2)7-14/h4-6,9-10H,7H2,1-3H3,(H,16,17). The Morgan fingerprint density at radius 1 is 1.41 bits per heavy atom. The summed E-state index contributed by atoms with van der Waals surface area (Å²) in [6.45, 7) is 6.12. The molecule has 1 aromatic carbocycles. The summed E-state index contributed by atoms with van der Waals surface area (Å²) < 4.78 is 0.841. The third-order valence-electron chi connectivity index (χ3n) is 2.82. The van der Waals surface area contributed by atoms with Crippen molar-refractivity contribution >= 4 is 37.8 Å². The molecule has 0 saturated carbocycles. The van der Waals surface area contributed by atoms with E-state index in [-0.39, 0.29) is 11.9 Å². The first-order valence-electron chi connectivity index (χ1n) is 5.58. The summed E-state index contributed by atoms with van der Waals surface area (Å²) in [6.07, 6.45) is 0. The topological polar surface area (TPSA) is 29.1 Å². The van der Waals surface area contributed by atoms with Crippen molar-refractivity contribution in [2.24, 2.45) is 5.92 Å². The molecule has 2 nitrogen and oxygen atoms in total. The Kier molecular flexibility index (Phi) is 5.67. The van der Waals surface area contributed by atoms with Gasteiger partial charge in [-0.1, -0.05) is 28.9 Å². The van der Waals surface area contributed by atoms with Crippen LogP contribution in [0.25, 0.3) is 0 Å². The van der Waals surface area contributed by atoms with Crippen LogP contribution < -0.4 is 5.32 Å². The number of rotatable bonds is 4. The van der Waals surface area contributed by atoms with Crippen LogP contribution in [0.5, 0.6) is 0 Å². The molecular formula is C13H17Br2NO. The first-order valence-corrected chi connectivity index (χ1v) is 7.50. The van der Waals surface area contributed by atoms with E-state index in [0.29, 0.717) is 11.5 Å². The van der Waals surface area contributed by atoms with Gasteiger partial charge in [0.2, 0.25) is 0 Å². The highest BCUT2D eigenvalue weighted by atomic mass is 79.9. The van der Waals surface area contributed by atoms with Gasteiger partial charge in [0, 0.05) is 15.8 Å². The number of hydrogen-bond acceptors (Lipinski definition) is 1. The van der Waals surface area contributed by atoms with Gasteiger partial charge in [0.15, 0.2) is 0 Å². The van der Waals surface area contributed by atoms with Crippen LogP contribution in [0.3, 0.4) is 0 Å². The number of alkyl halides is 1. The summed E-state index contributed by atoms with van der Waals surface area (Å²) in [4.78, 5) is 12.1. The van der Waals surface area contributed by atoms with E-state index in [4.69, 9.17) is 0 Å². The van der Waals surface area contributed by atoms with E-state index in [1.165, 1.54) is 0 Å². The van der Waals surface area contributed by atoms with Crippen LogP contribution in [0, 0.1) is 12.8 Å². The molecule has 0 bridgehead atoms. The van der Waals surface area contributed by atoms with Crippen molar-refractivity contribution in [2.45, 2.75) is 26.8 Å². The Balaban J connectivity index is 2.76. The summed E-state index contributed by atoms with van der Waals surface area (Å²) in [7, 11) is 0. The Labute approximate surface area is 119 Å². The second kappa shape index (κ2) is 6.55. The summed E-state index contributed by atoms with van der Waals surface area (Å²) in [5.74, 6) is 0.375. The van der Waals surface area contributed by atoms with Crippen LogP contribution >= 0.6 is 31.9 Å². The quantitative estimate of drug-likeness (QED) is 0.808. The summed E-state index contributed by atoms with van der Waals surface area (Å²) in [5, 5.41) is 3.89. The second-order valence-electron chi connectivity index (χ2n) is 4.38. The molecular weight excluding hydrogens is 346 g/mol. The first kappa shape index (κ1) is 14.7. The molecule has 2 atom stereocenters. The summed E-state index contributed by atoms with van der Waals surface area (Å²) in [6, 6.07) is 5.89. The van der Waals surface area contributed by atoms with E-state index in [1.807, 2.05) is 32.0 Å². The molecule has 94 valence electrons. The van der Waals surface area contributed by atoms with Gasteiger partial charge in [0.1, 0.15) is 0 Å². The normalized spacial score (nSPS) is 14.2. The lowest BCUT2D eigenvalue weighted by Gasteiger charge is -2.19. The number of amides is 1. The lowest BCUT2D eigenvalue weighted by molar-refractivity contribution is 0.0930. The van der Waals surface area contributed by atoms with E-state index >= 15 is 0 Å². The van der Waals surface area contributed by atoms with Crippen molar-refractivity contribution in [1.82, 2.24) is 5.32 Å². The van der Waals surface area contributed by atoms with Gasteiger partial charge in [-0.15, -0.1) is 0 Å². The van der Waals surface area contributed by atoms with Gasteiger partial charge >= 0.3 is 0 Å². The molecule has 0 fully saturated rings. The van der Waals surface area contributed by atoms with Crippen LogP contribution in [-0.4, -0.2) is 17.3 Å². The van der Waals surface area contributed by atoms with Gasteiger partial charge in [0.25, 0.3) is 5.91 Å². The van der Waals surface area contributed by atoms with Gasteiger partial charge < -0.3 is 5.32 Å². The zero-order valence-corrected chi connectivity index (χ0v) is 13.4. The molecule has 1 aromatic rings. The number of carbonyl (C=O) groups excluding carboxylic acids is 1. The molecule has 1 rings (SSSR count). The molecule has 0 aromatic heterocycles. The highest BCUT2D eigenvalue weighted by Gasteiger charge is 2.16. The highest BCUT2D eigenvalue weighted by molar-refractivity contribution is 9.10. The largest absolute Gasteiger partial charge is 0.349 e. The van der Waals surface area contributed by atoms with Crippen LogP contribution in [0.1, 0.15) is 29.8 Å². The van der Waals surface area contributed by atoms with Gasteiger partial charge in [-0.2, -0.15) is 0 Å². The average molecular weight is 363 g/mol. The Morgan fingerprint density at radius 3 is 2.59 bits per heavy atom. The third-order valence-corrected chi connectivity index (χ3v) is 4.50. The molecule has 1 N–H and O–H groups in total. The van der Waals surface area contributed by atoms with Gasteiger partial charge in [-0.3, -0.25) is 4.79 Å². The minimum absolute atomic E-state index is 0.0304. The zero-order chi connectivity index (χ0) is 13.0. The number of aryl methyl sites for hydroxylation is 1. The SMILES string of the molecule is Cc1ccc(C(=O)NC(C)C(C)CBr)c(Br)c1. The fourth-order valence-corrected chi connectivity index (χ4v) is 2.60. The fourth-order valence-electron chi connectivity index (χ4n) is 1.36. The maximum atomic E-state index is 12.1. The van der Waals surface area contributed by atoms with Crippen molar-refractivity contribution < 1.29 is 4.79 Å². The second-order valence-corrected chi connectivity index (χ2v) is 5.88. The van der Waals surface area contributed by atoms with E-state index < -0.39 is 0 Å². The maximum absolute atomic E-state index is 12.1. The van der Waals surface area contributed by atoms with Crippen LogP contribution in [0.15, 0.2) is 22.7 Å². The minimum atomic E-state index is -0.0304. The van der Waals surface area contributed by atoms with Crippen LogP contribution in [0.2, 0.25) is 0 Å². The monoisotopic (exact) mass is 361 g/mol. The lowest BCUT2D eigenvalue weighted by atomic mass is 10.1. The van der Waals surface area contributed by atoms with Crippen molar-refractivity contribution in [3.8, 4) is 0 Å². The number of carbonyl (C=O) groups is 1. The van der Waals surface area contributed by atoms with E-state index in [9.17, 15) is 4.79 Å².